The van der Waals surface area contributed by atoms with Gasteiger partial charge in [0.2, 0.25) is 5.09 Å². The molecule has 0 unspecified atom stereocenters. The van der Waals surface area contributed by atoms with Gasteiger partial charge in [0.25, 0.3) is 10.0 Å². The Morgan fingerprint density at radius 2 is 1.75 bits per heavy atom. The molecule has 0 aliphatic carbocycles. The fraction of sp³-hybridized carbons (Fsp3) is 0.636. The number of aliphatic hydroxyl groups excluding tert-OH is 3. The lowest BCUT2D eigenvalue weighted by Crippen LogP contribution is -2.54. The maximum atomic E-state index is 11.8. The fourth-order valence-corrected chi connectivity index (χ4v) is 2.18. The van der Waals surface area contributed by atoms with E-state index in [9.17, 15) is 8.42 Å². The average Bonchev–Trinajstić information content (AvgIpc) is 2.90. The van der Waals surface area contributed by atoms with Crippen LogP contribution in [0.15, 0.2) is 21.6 Å². The maximum Gasteiger partial charge on any atom is 0.275 e. The summed E-state index contributed by atoms with van der Waals surface area (Å²) < 4.78 is 29.8. The Hall–Kier alpha value is -0.970. The van der Waals surface area contributed by atoms with Crippen LogP contribution >= 0.6 is 0 Å². The molecule has 9 heteroatoms. The summed E-state index contributed by atoms with van der Waals surface area (Å²) in [5.74, 6) is 0.310. The smallest absolute Gasteiger partial charge is 0.275 e. The molecule has 0 saturated heterocycles. The molecule has 0 amide bonds. The lowest BCUT2D eigenvalue weighted by Gasteiger charge is -2.28. The Balaban J connectivity index is 2.80. The molecule has 0 aliphatic rings. The molecular formula is C11H20N2O6S. The number of sulfonamides is 1. The topological polar surface area (TPSA) is 123 Å². The van der Waals surface area contributed by atoms with E-state index in [-0.39, 0.29) is 11.6 Å². The van der Waals surface area contributed by atoms with Crippen LogP contribution in [-0.4, -0.2) is 67.5 Å². The minimum atomic E-state index is -3.64. The third-order valence-corrected chi connectivity index (χ3v) is 4.61. The van der Waals surface area contributed by atoms with Crippen molar-refractivity contribution in [1.29, 1.82) is 0 Å². The number of hydrogen-bond donors (Lipinski definition) is 4. The van der Waals surface area contributed by atoms with Gasteiger partial charge >= 0.3 is 0 Å². The number of nitrogens with one attached hydrogen (secondary N) is 1. The van der Waals surface area contributed by atoms with E-state index in [0.29, 0.717) is 5.76 Å². The molecule has 4 N–H and O–H groups in total. The normalized spacial score (nSPS) is 13.1. The number of hydrogen-bond acceptors (Lipinski definition) is 7. The first-order chi connectivity index (χ1) is 9.31. The molecular weight excluding hydrogens is 288 g/mol. The van der Waals surface area contributed by atoms with Gasteiger partial charge in [-0.3, -0.25) is 5.32 Å². The molecule has 0 radical (unpaired) electrons. The molecule has 0 fully saturated rings. The van der Waals surface area contributed by atoms with Gasteiger partial charge in [-0.2, -0.15) is 0 Å². The second-order valence-electron chi connectivity index (χ2n) is 4.62. The fourth-order valence-electron chi connectivity index (χ4n) is 1.36. The molecule has 116 valence electrons. The highest BCUT2D eigenvalue weighted by molar-refractivity contribution is 7.88. The van der Waals surface area contributed by atoms with E-state index in [4.69, 9.17) is 19.7 Å². The molecule has 1 rings (SSSR count). The van der Waals surface area contributed by atoms with Gasteiger partial charge in [-0.25, -0.2) is 12.7 Å². The highest BCUT2D eigenvalue weighted by atomic mass is 32.2. The lowest BCUT2D eigenvalue weighted by atomic mass is 10.0. The third kappa shape index (κ3) is 3.57. The summed E-state index contributed by atoms with van der Waals surface area (Å²) in [7, 11) is -0.850. The van der Waals surface area contributed by atoms with Crippen LogP contribution in [0.2, 0.25) is 0 Å². The molecule has 20 heavy (non-hydrogen) atoms. The van der Waals surface area contributed by atoms with Crippen LogP contribution in [0.5, 0.6) is 0 Å². The van der Waals surface area contributed by atoms with Crippen molar-refractivity contribution >= 4 is 10.0 Å². The van der Waals surface area contributed by atoms with Gasteiger partial charge in [0, 0.05) is 14.1 Å². The van der Waals surface area contributed by atoms with Crippen LogP contribution < -0.4 is 5.32 Å². The summed E-state index contributed by atoms with van der Waals surface area (Å²) in [6, 6.07) is 2.80. The SMILES string of the molecule is CN(C)S(=O)(=O)c1ccc(CNC(CO)(CO)CO)o1. The first-order valence-corrected chi connectivity index (χ1v) is 7.34. The number of rotatable bonds is 8. The predicted octanol–water partition coefficient (Wildman–Crippen LogP) is -1.66. The average molecular weight is 308 g/mol. The number of nitrogens with zero attached hydrogens (tertiary/aromatic N) is 1. The summed E-state index contributed by atoms with van der Waals surface area (Å²) in [4.78, 5) is 0. The summed E-state index contributed by atoms with van der Waals surface area (Å²) in [6.07, 6.45) is 0. The second kappa shape index (κ2) is 6.66. The molecule has 0 bridgehead atoms. The minimum Gasteiger partial charge on any atom is -0.447 e. The Labute approximate surface area is 117 Å². The lowest BCUT2D eigenvalue weighted by molar-refractivity contribution is 0.0400. The predicted molar refractivity (Wildman–Crippen MR) is 70.4 cm³/mol. The molecule has 8 nitrogen and oxygen atoms in total. The second-order valence-corrected chi connectivity index (χ2v) is 6.70. The van der Waals surface area contributed by atoms with Gasteiger partial charge < -0.3 is 19.7 Å². The van der Waals surface area contributed by atoms with Gasteiger partial charge in [0.05, 0.1) is 31.9 Å². The van der Waals surface area contributed by atoms with Crippen molar-refractivity contribution in [2.45, 2.75) is 17.2 Å². The van der Waals surface area contributed by atoms with Gasteiger partial charge in [-0.05, 0) is 12.1 Å². The molecule has 0 atom stereocenters. The highest BCUT2D eigenvalue weighted by Crippen LogP contribution is 2.17. The molecule has 0 saturated carbocycles. The summed E-state index contributed by atoms with van der Waals surface area (Å²) >= 11 is 0. The van der Waals surface area contributed by atoms with Crippen LogP contribution in [0, 0.1) is 0 Å². The highest BCUT2D eigenvalue weighted by Gasteiger charge is 2.28. The van der Waals surface area contributed by atoms with Crippen molar-refractivity contribution in [3.05, 3.63) is 17.9 Å². The first-order valence-electron chi connectivity index (χ1n) is 5.90. The van der Waals surface area contributed by atoms with E-state index in [0.717, 1.165) is 4.31 Å². The van der Waals surface area contributed by atoms with E-state index in [2.05, 4.69) is 5.32 Å². The summed E-state index contributed by atoms with van der Waals surface area (Å²) in [5, 5.41) is 30.0. The number of aliphatic hydroxyl groups is 3. The largest absolute Gasteiger partial charge is 0.447 e. The van der Waals surface area contributed by atoms with Gasteiger partial charge in [-0.15, -0.1) is 0 Å². The number of furan rings is 1. The monoisotopic (exact) mass is 308 g/mol. The van der Waals surface area contributed by atoms with Crippen molar-refractivity contribution in [3.63, 3.8) is 0 Å². The van der Waals surface area contributed by atoms with Crippen molar-refractivity contribution in [1.82, 2.24) is 9.62 Å². The van der Waals surface area contributed by atoms with Gasteiger partial charge in [-0.1, -0.05) is 0 Å². The molecule has 1 heterocycles. The van der Waals surface area contributed by atoms with Crippen LogP contribution in [0.4, 0.5) is 0 Å². The van der Waals surface area contributed by atoms with Crippen molar-refractivity contribution < 1.29 is 28.2 Å². The van der Waals surface area contributed by atoms with Crippen LogP contribution in [-0.2, 0) is 16.6 Å². The molecule has 0 aromatic carbocycles. The van der Waals surface area contributed by atoms with E-state index < -0.39 is 35.4 Å². The standard InChI is InChI=1S/C11H20N2O6S/c1-13(2)20(17,18)10-4-3-9(19-10)5-12-11(6-14,7-15)8-16/h3-4,12,14-16H,5-8H2,1-2H3. The maximum absolute atomic E-state index is 11.8. The molecule has 1 aromatic heterocycles. The zero-order valence-corrected chi connectivity index (χ0v) is 12.2. The first kappa shape index (κ1) is 17.1. The third-order valence-electron chi connectivity index (χ3n) is 2.92. The summed E-state index contributed by atoms with van der Waals surface area (Å²) in [6.45, 7) is -1.35. The Morgan fingerprint density at radius 1 is 1.20 bits per heavy atom. The zero-order chi connectivity index (χ0) is 15.4. The molecule has 1 aromatic rings. The van der Waals surface area contributed by atoms with Gasteiger partial charge in [0.1, 0.15) is 5.76 Å². The van der Waals surface area contributed by atoms with E-state index in [1.54, 1.807) is 0 Å². The zero-order valence-electron chi connectivity index (χ0n) is 11.4. The minimum absolute atomic E-state index is 0.0601. The van der Waals surface area contributed by atoms with Crippen LogP contribution in [0.25, 0.3) is 0 Å². The van der Waals surface area contributed by atoms with E-state index >= 15 is 0 Å². The van der Waals surface area contributed by atoms with Crippen molar-refractivity contribution in [2.24, 2.45) is 0 Å². The van der Waals surface area contributed by atoms with Crippen molar-refractivity contribution in [2.75, 3.05) is 33.9 Å². The molecule has 0 aliphatic heterocycles. The Bertz CT molecular complexity index is 513. The van der Waals surface area contributed by atoms with Gasteiger partial charge in [0.15, 0.2) is 0 Å². The van der Waals surface area contributed by atoms with Crippen LogP contribution in [0.1, 0.15) is 5.76 Å². The van der Waals surface area contributed by atoms with E-state index in [1.165, 1.54) is 26.2 Å². The molecule has 0 spiro atoms. The Morgan fingerprint density at radius 3 is 2.20 bits per heavy atom. The Kier molecular flexibility index (Phi) is 5.68. The van der Waals surface area contributed by atoms with Crippen LogP contribution in [0.3, 0.4) is 0 Å². The van der Waals surface area contributed by atoms with Crippen molar-refractivity contribution in [3.8, 4) is 0 Å². The summed E-state index contributed by atoms with van der Waals surface area (Å²) in [5.41, 5.74) is -1.24. The van der Waals surface area contributed by atoms with E-state index in [1.807, 2.05) is 0 Å². The quantitative estimate of drug-likeness (QED) is 0.453.